The second kappa shape index (κ2) is 5.16. The summed E-state index contributed by atoms with van der Waals surface area (Å²) in [7, 11) is 0. The number of ether oxygens (including phenoxy) is 1. The summed E-state index contributed by atoms with van der Waals surface area (Å²) in [5.74, 6) is 0.477. The van der Waals surface area contributed by atoms with Gasteiger partial charge in [-0.15, -0.1) is 0 Å². The van der Waals surface area contributed by atoms with Crippen molar-refractivity contribution < 1.29 is 4.74 Å². The molecule has 3 N–H and O–H groups in total. The molecule has 1 aromatic carbocycles. The van der Waals surface area contributed by atoms with Crippen LogP contribution in [-0.4, -0.2) is 34.9 Å². The molecule has 1 aliphatic rings. The van der Waals surface area contributed by atoms with Gasteiger partial charge < -0.3 is 10.1 Å². The molecule has 7 heteroatoms. The van der Waals surface area contributed by atoms with Crippen LogP contribution in [0.3, 0.4) is 0 Å². The number of hydrogen-bond donors (Lipinski definition) is 3. The highest BCUT2D eigenvalue weighted by molar-refractivity contribution is 6.30. The molecule has 0 amide bonds. The molecule has 1 aromatic heterocycles. The Kier molecular flexibility index (Phi) is 3.37. The standard InChI is InChI=1S/C12H13ClN4O2/c13-9-4-7(10-6-19-2-1-14-10)3-8(5-9)11-15-12(18)17-16-11/h3-5,10,14H,1-2,6H2,(H2,15,16,17,18). The minimum absolute atomic E-state index is 0.108. The zero-order valence-electron chi connectivity index (χ0n) is 10.1. The number of rotatable bonds is 2. The molecule has 2 aromatic rings. The summed E-state index contributed by atoms with van der Waals surface area (Å²) in [6.45, 7) is 2.14. The molecule has 0 spiro atoms. The molecule has 1 aliphatic heterocycles. The van der Waals surface area contributed by atoms with Crippen LogP contribution in [0.15, 0.2) is 23.0 Å². The summed E-state index contributed by atoms with van der Waals surface area (Å²) in [5, 5.41) is 10.2. The quantitative estimate of drug-likeness (QED) is 0.769. The second-order valence-corrected chi connectivity index (χ2v) is 4.82. The third kappa shape index (κ3) is 2.70. The molecule has 0 saturated carbocycles. The number of benzene rings is 1. The van der Waals surface area contributed by atoms with Gasteiger partial charge in [-0.2, -0.15) is 5.10 Å². The first-order valence-electron chi connectivity index (χ1n) is 5.99. The smallest absolute Gasteiger partial charge is 0.340 e. The van der Waals surface area contributed by atoms with E-state index in [0.717, 1.165) is 24.3 Å². The van der Waals surface area contributed by atoms with Gasteiger partial charge in [0.25, 0.3) is 0 Å². The monoisotopic (exact) mass is 280 g/mol. The van der Waals surface area contributed by atoms with E-state index in [1.54, 1.807) is 6.07 Å². The summed E-state index contributed by atoms with van der Waals surface area (Å²) in [4.78, 5) is 13.7. The minimum Gasteiger partial charge on any atom is -0.378 e. The van der Waals surface area contributed by atoms with Crippen LogP contribution in [0.1, 0.15) is 11.6 Å². The van der Waals surface area contributed by atoms with Crippen LogP contribution in [0.2, 0.25) is 5.02 Å². The van der Waals surface area contributed by atoms with Crippen LogP contribution < -0.4 is 11.0 Å². The van der Waals surface area contributed by atoms with Gasteiger partial charge in [0.05, 0.1) is 19.3 Å². The maximum absolute atomic E-state index is 11.1. The molecule has 2 heterocycles. The number of hydrogen-bond acceptors (Lipinski definition) is 4. The number of aromatic amines is 2. The molecule has 6 nitrogen and oxygen atoms in total. The van der Waals surface area contributed by atoms with E-state index in [4.69, 9.17) is 16.3 Å². The lowest BCUT2D eigenvalue weighted by Crippen LogP contribution is -2.34. The summed E-state index contributed by atoms with van der Waals surface area (Å²) in [6, 6.07) is 5.71. The fourth-order valence-corrected chi connectivity index (χ4v) is 2.38. The summed E-state index contributed by atoms with van der Waals surface area (Å²) in [6.07, 6.45) is 0. The van der Waals surface area contributed by atoms with Crippen molar-refractivity contribution in [1.29, 1.82) is 0 Å². The number of nitrogens with one attached hydrogen (secondary N) is 3. The molecule has 1 fully saturated rings. The van der Waals surface area contributed by atoms with Crippen molar-refractivity contribution in [3.63, 3.8) is 0 Å². The van der Waals surface area contributed by atoms with Gasteiger partial charge in [0.15, 0.2) is 5.82 Å². The van der Waals surface area contributed by atoms with Gasteiger partial charge in [0.1, 0.15) is 0 Å². The lowest BCUT2D eigenvalue weighted by Gasteiger charge is -2.24. The van der Waals surface area contributed by atoms with Gasteiger partial charge in [0.2, 0.25) is 0 Å². The third-order valence-corrected chi connectivity index (χ3v) is 3.24. The molecule has 1 atom stereocenters. The highest BCUT2D eigenvalue weighted by atomic mass is 35.5. The largest absolute Gasteiger partial charge is 0.378 e. The first-order valence-corrected chi connectivity index (χ1v) is 6.37. The van der Waals surface area contributed by atoms with Crippen LogP contribution in [0.4, 0.5) is 0 Å². The molecule has 1 saturated heterocycles. The van der Waals surface area contributed by atoms with E-state index >= 15 is 0 Å². The van der Waals surface area contributed by atoms with Crippen LogP contribution in [0.25, 0.3) is 11.4 Å². The number of morpholine rings is 1. The van der Waals surface area contributed by atoms with E-state index in [1.807, 2.05) is 12.1 Å². The predicted molar refractivity (Wildman–Crippen MR) is 71.2 cm³/mol. The van der Waals surface area contributed by atoms with E-state index in [0.29, 0.717) is 17.5 Å². The van der Waals surface area contributed by atoms with E-state index < -0.39 is 0 Å². The van der Waals surface area contributed by atoms with Crippen molar-refractivity contribution in [3.05, 3.63) is 39.3 Å². The molecule has 1 unspecified atom stereocenters. The summed E-state index contributed by atoms with van der Waals surface area (Å²) in [5.41, 5.74) is 1.45. The van der Waals surface area contributed by atoms with E-state index in [-0.39, 0.29) is 11.7 Å². The van der Waals surface area contributed by atoms with Gasteiger partial charge >= 0.3 is 5.69 Å². The van der Waals surface area contributed by atoms with Crippen molar-refractivity contribution in [1.82, 2.24) is 20.5 Å². The average molecular weight is 281 g/mol. The van der Waals surface area contributed by atoms with E-state index in [2.05, 4.69) is 20.5 Å². The number of aromatic nitrogens is 3. The molecular formula is C12H13ClN4O2. The van der Waals surface area contributed by atoms with Crippen molar-refractivity contribution >= 4 is 11.6 Å². The lowest BCUT2D eigenvalue weighted by molar-refractivity contribution is 0.0769. The Labute approximate surface area is 114 Å². The van der Waals surface area contributed by atoms with Gasteiger partial charge in [-0.25, -0.2) is 9.89 Å². The Morgan fingerprint density at radius 3 is 2.95 bits per heavy atom. The maximum atomic E-state index is 11.1. The molecule has 0 radical (unpaired) electrons. The Morgan fingerprint density at radius 2 is 2.26 bits per heavy atom. The van der Waals surface area contributed by atoms with Gasteiger partial charge in [0, 0.05) is 17.1 Å². The number of H-pyrrole nitrogens is 2. The number of halogens is 1. The zero-order valence-corrected chi connectivity index (χ0v) is 10.8. The van der Waals surface area contributed by atoms with Gasteiger partial charge in [-0.3, -0.25) is 4.98 Å². The summed E-state index contributed by atoms with van der Waals surface area (Å²) < 4.78 is 5.44. The van der Waals surface area contributed by atoms with Crippen LogP contribution in [0.5, 0.6) is 0 Å². The fourth-order valence-electron chi connectivity index (χ4n) is 2.14. The first kappa shape index (κ1) is 12.4. The van der Waals surface area contributed by atoms with E-state index in [1.165, 1.54) is 0 Å². The Balaban J connectivity index is 1.97. The average Bonchev–Trinajstić information content (AvgIpc) is 2.86. The molecule has 3 rings (SSSR count). The molecule has 0 bridgehead atoms. The summed E-state index contributed by atoms with van der Waals surface area (Å²) >= 11 is 6.13. The van der Waals surface area contributed by atoms with Crippen LogP contribution in [-0.2, 0) is 4.74 Å². The molecule has 0 aliphatic carbocycles. The van der Waals surface area contributed by atoms with Crippen LogP contribution in [0, 0.1) is 0 Å². The predicted octanol–water partition coefficient (Wildman–Crippen LogP) is 1.08. The van der Waals surface area contributed by atoms with Crippen molar-refractivity contribution in [2.45, 2.75) is 6.04 Å². The highest BCUT2D eigenvalue weighted by Crippen LogP contribution is 2.26. The normalized spacial score (nSPS) is 19.5. The molecule has 19 heavy (non-hydrogen) atoms. The fraction of sp³-hybridized carbons (Fsp3) is 0.333. The topological polar surface area (TPSA) is 82.8 Å². The Hall–Kier alpha value is -1.63. The maximum Gasteiger partial charge on any atom is 0.340 e. The van der Waals surface area contributed by atoms with Crippen LogP contribution >= 0.6 is 11.6 Å². The van der Waals surface area contributed by atoms with Crippen molar-refractivity contribution in [3.8, 4) is 11.4 Å². The number of nitrogens with zero attached hydrogens (tertiary/aromatic N) is 1. The first-order chi connectivity index (χ1) is 9.22. The van der Waals surface area contributed by atoms with Gasteiger partial charge in [-0.05, 0) is 23.8 Å². The Morgan fingerprint density at radius 1 is 1.37 bits per heavy atom. The third-order valence-electron chi connectivity index (χ3n) is 3.02. The molecular weight excluding hydrogens is 268 g/mol. The minimum atomic E-state index is -0.337. The van der Waals surface area contributed by atoms with Gasteiger partial charge in [-0.1, -0.05) is 11.6 Å². The van der Waals surface area contributed by atoms with Crippen molar-refractivity contribution in [2.75, 3.05) is 19.8 Å². The second-order valence-electron chi connectivity index (χ2n) is 4.38. The van der Waals surface area contributed by atoms with E-state index in [9.17, 15) is 4.79 Å². The SMILES string of the molecule is O=c1[nH]nc(-c2cc(Cl)cc(C3COCCN3)c2)[nH]1. The lowest BCUT2D eigenvalue weighted by atomic mass is 10.0. The molecule has 100 valence electrons. The van der Waals surface area contributed by atoms with Crippen molar-refractivity contribution in [2.24, 2.45) is 0 Å². The Bertz CT molecular complexity index is 631. The highest BCUT2D eigenvalue weighted by Gasteiger charge is 2.17. The zero-order chi connectivity index (χ0) is 13.2.